The molecule has 1 heterocycles. The highest BCUT2D eigenvalue weighted by Crippen LogP contribution is 2.38. The maximum absolute atomic E-state index is 11.9. The first-order chi connectivity index (χ1) is 8.16. The van der Waals surface area contributed by atoms with E-state index in [9.17, 15) is 4.79 Å². The van der Waals surface area contributed by atoms with Gasteiger partial charge in [0.15, 0.2) is 0 Å². The molecule has 0 atom stereocenters. The summed E-state index contributed by atoms with van der Waals surface area (Å²) < 4.78 is 0. The third kappa shape index (κ3) is 1.94. The van der Waals surface area contributed by atoms with Crippen LogP contribution in [0.5, 0.6) is 0 Å². The largest absolute Gasteiger partial charge is 0.272 e. The average Bonchev–Trinajstić information content (AvgIpc) is 3.07. The zero-order valence-corrected chi connectivity index (χ0v) is 10.5. The first kappa shape index (κ1) is 11.1. The topological polar surface area (TPSA) is 32.7 Å². The van der Waals surface area contributed by atoms with Gasteiger partial charge in [-0.2, -0.15) is 10.1 Å². The molecule has 1 saturated carbocycles. The SMILES string of the molecule is O=C1CC(C2CC2)=NN1c1cccc(Cl)c1Cl. The molecule has 1 aliphatic carbocycles. The second-order valence-electron chi connectivity index (χ2n) is 4.32. The maximum Gasteiger partial charge on any atom is 0.253 e. The standard InChI is InChI=1S/C12H10Cl2N2O/c13-8-2-1-3-10(12(8)14)16-11(17)6-9(15-16)7-4-5-7/h1-3,7H,4-6H2. The van der Waals surface area contributed by atoms with Crippen molar-refractivity contribution >= 4 is 40.5 Å². The van der Waals surface area contributed by atoms with Crippen molar-refractivity contribution in [3.8, 4) is 0 Å². The zero-order chi connectivity index (χ0) is 12.0. The molecule has 0 saturated heterocycles. The number of nitrogens with zero attached hydrogens (tertiary/aromatic N) is 2. The van der Waals surface area contributed by atoms with E-state index in [4.69, 9.17) is 23.2 Å². The number of hydrazone groups is 1. The monoisotopic (exact) mass is 268 g/mol. The van der Waals surface area contributed by atoms with Gasteiger partial charge in [-0.25, -0.2) is 0 Å². The van der Waals surface area contributed by atoms with E-state index < -0.39 is 0 Å². The van der Waals surface area contributed by atoms with Crippen molar-refractivity contribution in [1.82, 2.24) is 0 Å². The van der Waals surface area contributed by atoms with Gasteiger partial charge in [0.25, 0.3) is 5.91 Å². The molecule has 0 radical (unpaired) electrons. The van der Waals surface area contributed by atoms with Crippen LogP contribution in [-0.2, 0) is 4.79 Å². The number of rotatable bonds is 2. The number of benzene rings is 1. The summed E-state index contributed by atoms with van der Waals surface area (Å²) in [4.78, 5) is 11.9. The van der Waals surface area contributed by atoms with Gasteiger partial charge >= 0.3 is 0 Å². The predicted octanol–water partition coefficient (Wildman–Crippen LogP) is 3.50. The Balaban J connectivity index is 1.98. The highest BCUT2D eigenvalue weighted by atomic mass is 35.5. The Hall–Kier alpha value is -1.06. The minimum Gasteiger partial charge on any atom is -0.272 e. The van der Waals surface area contributed by atoms with Gasteiger partial charge in [-0.05, 0) is 30.9 Å². The van der Waals surface area contributed by atoms with Crippen LogP contribution >= 0.6 is 23.2 Å². The van der Waals surface area contributed by atoms with E-state index in [-0.39, 0.29) is 5.91 Å². The molecule has 1 aromatic carbocycles. The summed E-state index contributed by atoms with van der Waals surface area (Å²) in [5.74, 6) is 0.470. The third-order valence-corrected chi connectivity index (χ3v) is 3.81. The van der Waals surface area contributed by atoms with E-state index in [2.05, 4.69) is 5.10 Å². The van der Waals surface area contributed by atoms with E-state index in [0.717, 1.165) is 18.6 Å². The van der Waals surface area contributed by atoms with Crippen molar-refractivity contribution < 1.29 is 4.79 Å². The number of halogens is 2. The van der Waals surface area contributed by atoms with Crippen molar-refractivity contribution in [1.29, 1.82) is 0 Å². The van der Waals surface area contributed by atoms with Gasteiger partial charge in [0.05, 0.1) is 27.9 Å². The van der Waals surface area contributed by atoms with E-state index in [1.54, 1.807) is 18.2 Å². The third-order valence-electron chi connectivity index (χ3n) is 3.01. The highest BCUT2D eigenvalue weighted by Gasteiger charge is 2.36. The van der Waals surface area contributed by atoms with Gasteiger partial charge in [-0.15, -0.1) is 0 Å². The number of anilines is 1. The summed E-state index contributed by atoms with van der Waals surface area (Å²) in [5.41, 5.74) is 1.55. The van der Waals surface area contributed by atoms with Crippen LogP contribution in [0.25, 0.3) is 0 Å². The number of hydrogen-bond acceptors (Lipinski definition) is 2. The fourth-order valence-corrected chi connectivity index (χ4v) is 2.31. The van der Waals surface area contributed by atoms with Crippen LogP contribution < -0.4 is 5.01 Å². The van der Waals surface area contributed by atoms with Crippen LogP contribution in [0, 0.1) is 5.92 Å². The average molecular weight is 269 g/mol. The van der Waals surface area contributed by atoms with Gasteiger partial charge in [0, 0.05) is 0 Å². The van der Waals surface area contributed by atoms with Crippen LogP contribution in [0.3, 0.4) is 0 Å². The number of amides is 1. The normalized spacial score (nSPS) is 19.8. The molecule has 1 amide bonds. The van der Waals surface area contributed by atoms with Crippen molar-refractivity contribution in [3.63, 3.8) is 0 Å². The van der Waals surface area contributed by atoms with Crippen LogP contribution in [0.4, 0.5) is 5.69 Å². The smallest absolute Gasteiger partial charge is 0.253 e. The van der Waals surface area contributed by atoms with Crippen molar-refractivity contribution in [2.75, 3.05) is 5.01 Å². The van der Waals surface area contributed by atoms with Gasteiger partial charge < -0.3 is 0 Å². The van der Waals surface area contributed by atoms with Crippen LogP contribution in [0.2, 0.25) is 10.0 Å². The Bertz CT molecular complexity index is 523. The van der Waals surface area contributed by atoms with Gasteiger partial charge in [-0.3, -0.25) is 4.79 Å². The van der Waals surface area contributed by atoms with E-state index in [1.807, 2.05) is 0 Å². The van der Waals surface area contributed by atoms with Crippen LogP contribution in [-0.4, -0.2) is 11.6 Å². The molecule has 1 aromatic rings. The van der Waals surface area contributed by atoms with E-state index in [0.29, 0.717) is 28.1 Å². The summed E-state index contributed by atoms with van der Waals surface area (Å²) in [6.45, 7) is 0. The van der Waals surface area contributed by atoms with Crippen LogP contribution in [0.1, 0.15) is 19.3 Å². The Morgan fingerprint density at radius 2 is 2.06 bits per heavy atom. The second kappa shape index (κ2) is 4.00. The predicted molar refractivity (Wildman–Crippen MR) is 68.7 cm³/mol. The van der Waals surface area contributed by atoms with Crippen molar-refractivity contribution in [2.45, 2.75) is 19.3 Å². The first-order valence-electron chi connectivity index (χ1n) is 5.51. The molecule has 17 heavy (non-hydrogen) atoms. The molecule has 3 nitrogen and oxygen atoms in total. The Morgan fingerprint density at radius 1 is 1.29 bits per heavy atom. The summed E-state index contributed by atoms with van der Waals surface area (Å²) >= 11 is 12.0. The maximum atomic E-state index is 11.9. The fraction of sp³-hybridized carbons (Fsp3) is 0.333. The quantitative estimate of drug-likeness (QED) is 0.808. The lowest BCUT2D eigenvalue weighted by Crippen LogP contribution is -2.19. The first-order valence-corrected chi connectivity index (χ1v) is 6.27. The van der Waals surface area contributed by atoms with Gasteiger partial charge in [0.2, 0.25) is 0 Å². The van der Waals surface area contributed by atoms with Gasteiger partial charge in [-0.1, -0.05) is 29.3 Å². The molecule has 0 unspecified atom stereocenters. The molecule has 5 heteroatoms. The highest BCUT2D eigenvalue weighted by molar-refractivity contribution is 6.44. The zero-order valence-electron chi connectivity index (χ0n) is 8.99. The Labute approximate surface area is 109 Å². The second-order valence-corrected chi connectivity index (χ2v) is 5.11. The van der Waals surface area contributed by atoms with E-state index >= 15 is 0 Å². The molecule has 0 aromatic heterocycles. The summed E-state index contributed by atoms with van der Waals surface area (Å²) in [6, 6.07) is 5.21. The lowest BCUT2D eigenvalue weighted by Gasteiger charge is -2.13. The minimum atomic E-state index is -0.0314. The summed E-state index contributed by atoms with van der Waals surface area (Å²) in [6.07, 6.45) is 2.69. The van der Waals surface area contributed by atoms with Crippen LogP contribution in [0.15, 0.2) is 23.3 Å². The summed E-state index contributed by atoms with van der Waals surface area (Å²) in [5, 5.41) is 6.55. The van der Waals surface area contributed by atoms with E-state index in [1.165, 1.54) is 5.01 Å². The van der Waals surface area contributed by atoms with Crippen molar-refractivity contribution in [2.24, 2.45) is 11.0 Å². The molecule has 0 N–H and O–H groups in total. The van der Waals surface area contributed by atoms with Gasteiger partial charge in [0.1, 0.15) is 0 Å². The molecule has 88 valence electrons. The lowest BCUT2D eigenvalue weighted by molar-refractivity contribution is -0.116. The molecule has 2 aliphatic rings. The fourth-order valence-electron chi connectivity index (χ4n) is 1.94. The minimum absolute atomic E-state index is 0.0314. The number of hydrogen-bond donors (Lipinski definition) is 0. The molecule has 3 rings (SSSR count). The number of carbonyl (C=O) groups is 1. The molecule has 1 fully saturated rings. The molecule has 0 bridgehead atoms. The lowest BCUT2D eigenvalue weighted by atomic mass is 10.2. The molecule has 1 aliphatic heterocycles. The Morgan fingerprint density at radius 3 is 2.76 bits per heavy atom. The Kier molecular flexibility index (Phi) is 2.60. The molecular weight excluding hydrogens is 259 g/mol. The summed E-state index contributed by atoms with van der Waals surface area (Å²) in [7, 11) is 0. The van der Waals surface area contributed by atoms with Crippen molar-refractivity contribution in [3.05, 3.63) is 28.2 Å². The molecular formula is C12H10Cl2N2O. The number of carbonyl (C=O) groups excluding carboxylic acids is 1. The molecule has 0 spiro atoms.